The van der Waals surface area contributed by atoms with Crippen LogP contribution in [-0.2, 0) is 11.3 Å². The highest BCUT2D eigenvalue weighted by Gasteiger charge is 2.24. The molecule has 0 unspecified atom stereocenters. The number of hydrogen-bond donors (Lipinski definition) is 1. The summed E-state index contributed by atoms with van der Waals surface area (Å²) in [5.41, 5.74) is 5.43. The van der Waals surface area contributed by atoms with Crippen molar-refractivity contribution in [2.45, 2.75) is 13.5 Å². The quantitative estimate of drug-likeness (QED) is 0.805. The summed E-state index contributed by atoms with van der Waals surface area (Å²) in [5.74, 6) is 0.816. The lowest BCUT2D eigenvalue weighted by Crippen LogP contribution is -2.50. The highest BCUT2D eigenvalue weighted by molar-refractivity contribution is 5.91. The SMILES string of the molecule is CC(=O)N1CCN(C(=O)c2ccc(CN)o2)CC1. The number of piperazine rings is 1. The van der Waals surface area contributed by atoms with E-state index in [0.29, 0.717) is 37.7 Å². The second kappa shape index (κ2) is 5.22. The molecule has 98 valence electrons. The molecule has 6 nitrogen and oxygen atoms in total. The Morgan fingerprint density at radius 2 is 1.83 bits per heavy atom. The summed E-state index contributed by atoms with van der Waals surface area (Å²) in [6.45, 7) is 4.05. The first-order valence-electron chi connectivity index (χ1n) is 5.95. The first-order chi connectivity index (χ1) is 8.61. The van der Waals surface area contributed by atoms with E-state index in [9.17, 15) is 9.59 Å². The van der Waals surface area contributed by atoms with Gasteiger partial charge in [0, 0.05) is 33.1 Å². The minimum Gasteiger partial charge on any atom is -0.455 e. The Balaban J connectivity index is 1.97. The fraction of sp³-hybridized carbons (Fsp3) is 0.500. The number of furan rings is 1. The summed E-state index contributed by atoms with van der Waals surface area (Å²) in [7, 11) is 0. The Hall–Kier alpha value is -1.82. The lowest BCUT2D eigenvalue weighted by Gasteiger charge is -2.33. The van der Waals surface area contributed by atoms with E-state index >= 15 is 0 Å². The van der Waals surface area contributed by atoms with Gasteiger partial charge in [-0.1, -0.05) is 0 Å². The summed E-state index contributed by atoms with van der Waals surface area (Å²) < 4.78 is 5.33. The molecule has 1 aromatic heterocycles. The molecule has 6 heteroatoms. The number of amides is 2. The van der Waals surface area contributed by atoms with Gasteiger partial charge in [-0.05, 0) is 12.1 Å². The van der Waals surface area contributed by atoms with Crippen LogP contribution in [0, 0.1) is 0 Å². The van der Waals surface area contributed by atoms with Crippen LogP contribution >= 0.6 is 0 Å². The van der Waals surface area contributed by atoms with E-state index in [2.05, 4.69) is 0 Å². The molecule has 0 aromatic carbocycles. The van der Waals surface area contributed by atoms with E-state index in [4.69, 9.17) is 10.2 Å². The van der Waals surface area contributed by atoms with Crippen LogP contribution in [0.15, 0.2) is 16.5 Å². The van der Waals surface area contributed by atoms with Crippen molar-refractivity contribution in [3.63, 3.8) is 0 Å². The number of hydrogen-bond acceptors (Lipinski definition) is 4. The zero-order valence-corrected chi connectivity index (χ0v) is 10.4. The van der Waals surface area contributed by atoms with Crippen LogP contribution in [0.4, 0.5) is 0 Å². The first kappa shape index (κ1) is 12.6. The second-order valence-electron chi connectivity index (χ2n) is 4.27. The smallest absolute Gasteiger partial charge is 0.289 e. The topological polar surface area (TPSA) is 79.8 Å². The van der Waals surface area contributed by atoms with E-state index in [1.54, 1.807) is 21.9 Å². The number of carbonyl (C=O) groups is 2. The van der Waals surface area contributed by atoms with Crippen LogP contribution < -0.4 is 5.73 Å². The molecule has 18 heavy (non-hydrogen) atoms. The van der Waals surface area contributed by atoms with Gasteiger partial charge in [0.1, 0.15) is 5.76 Å². The average molecular weight is 251 g/mol. The van der Waals surface area contributed by atoms with E-state index in [0.717, 1.165) is 0 Å². The van der Waals surface area contributed by atoms with Gasteiger partial charge in [-0.15, -0.1) is 0 Å². The molecular weight excluding hydrogens is 234 g/mol. The second-order valence-corrected chi connectivity index (χ2v) is 4.27. The molecule has 0 atom stereocenters. The zero-order chi connectivity index (χ0) is 13.1. The third kappa shape index (κ3) is 2.53. The summed E-state index contributed by atoms with van der Waals surface area (Å²) in [4.78, 5) is 26.7. The number of nitrogens with two attached hydrogens (primary N) is 1. The summed E-state index contributed by atoms with van der Waals surface area (Å²) in [6.07, 6.45) is 0. The van der Waals surface area contributed by atoms with Crippen molar-refractivity contribution >= 4 is 11.8 Å². The van der Waals surface area contributed by atoms with Crippen molar-refractivity contribution in [3.8, 4) is 0 Å². The lowest BCUT2D eigenvalue weighted by atomic mass is 10.3. The Kier molecular flexibility index (Phi) is 3.66. The fourth-order valence-electron chi connectivity index (χ4n) is 1.98. The molecule has 1 fully saturated rings. The van der Waals surface area contributed by atoms with E-state index < -0.39 is 0 Å². The van der Waals surface area contributed by atoms with Crippen LogP contribution in [0.2, 0.25) is 0 Å². The maximum atomic E-state index is 12.1. The van der Waals surface area contributed by atoms with Crippen LogP contribution in [0.1, 0.15) is 23.2 Å². The number of rotatable bonds is 2. The third-order valence-electron chi connectivity index (χ3n) is 3.09. The van der Waals surface area contributed by atoms with Gasteiger partial charge in [0.05, 0.1) is 6.54 Å². The van der Waals surface area contributed by atoms with Crippen LogP contribution in [0.5, 0.6) is 0 Å². The monoisotopic (exact) mass is 251 g/mol. The van der Waals surface area contributed by atoms with Gasteiger partial charge in [-0.25, -0.2) is 0 Å². The predicted octanol–water partition coefficient (Wildman–Crippen LogP) is 0.0426. The van der Waals surface area contributed by atoms with Crippen molar-refractivity contribution in [2.75, 3.05) is 26.2 Å². The molecule has 0 bridgehead atoms. The molecule has 2 N–H and O–H groups in total. The molecule has 1 saturated heterocycles. The third-order valence-corrected chi connectivity index (χ3v) is 3.09. The van der Waals surface area contributed by atoms with Crippen molar-refractivity contribution < 1.29 is 14.0 Å². The average Bonchev–Trinajstić information content (AvgIpc) is 2.86. The van der Waals surface area contributed by atoms with Gasteiger partial charge < -0.3 is 20.0 Å². The molecule has 1 aliphatic rings. The van der Waals surface area contributed by atoms with Crippen LogP contribution in [-0.4, -0.2) is 47.8 Å². The van der Waals surface area contributed by atoms with Crippen LogP contribution in [0.25, 0.3) is 0 Å². The zero-order valence-electron chi connectivity index (χ0n) is 10.4. The molecule has 1 aliphatic heterocycles. The minimum atomic E-state index is -0.141. The normalized spacial score (nSPS) is 15.9. The molecule has 0 radical (unpaired) electrons. The number of nitrogens with zero attached hydrogens (tertiary/aromatic N) is 2. The van der Waals surface area contributed by atoms with E-state index in [1.165, 1.54) is 6.92 Å². The largest absolute Gasteiger partial charge is 0.455 e. The van der Waals surface area contributed by atoms with Gasteiger partial charge in [0.2, 0.25) is 5.91 Å². The molecule has 0 aliphatic carbocycles. The molecule has 1 aromatic rings. The Labute approximate surface area is 105 Å². The van der Waals surface area contributed by atoms with Gasteiger partial charge in [-0.2, -0.15) is 0 Å². The fourth-order valence-corrected chi connectivity index (χ4v) is 1.98. The number of carbonyl (C=O) groups excluding carboxylic acids is 2. The molecule has 2 heterocycles. The maximum Gasteiger partial charge on any atom is 0.289 e. The summed E-state index contributed by atoms with van der Waals surface area (Å²) >= 11 is 0. The molecule has 2 rings (SSSR count). The predicted molar refractivity (Wildman–Crippen MR) is 64.8 cm³/mol. The molecule has 0 saturated carbocycles. The first-order valence-corrected chi connectivity index (χ1v) is 5.95. The van der Waals surface area contributed by atoms with Crippen molar-refractivity contribution in [1.29, 1.82) is 0 Å². The lowest BCUT2D eigenvalue weighted by molar-refractivity contribution is -0.130. The Morgan fingerprint density at radius 1 is 1.22 bits per heavy atom. The minimum absolute atomic E-state index is 0.0468. The van der Waals surface area contributed by atoms with Gasteiger partial charge in [-0.3, -0.25) is 9.59 Å². The summed E-state index contributed by atoms with van der Waals surface area (Å²) in [6, 6.07) is 3.35. The highest BCUT2D eigenvalue weighted by Crippen LogP contribution is 2.12. The molecule has 0 spiro atoms. The van der Waals surface area contributed by atoms with Crippen molar-refractivity contribution in [2.24, 2.45) is 5.73 Å². The summed E-state index contributed by atoms with van der Waals surface area (Å²) in [5, 5.41) is 0. The van der Waals surface area contributed by atoms with E-state index in [-0.39, 0.29) is 18.4 Å². The highest BCUT2D eigenvalue weighted by atomic mass is 16.4. The Morgan fingerprint density at radius 3 is 2.33 bits per heavy atom. The van der Waals surface area contributed by atoms with Crippen LogP contribution in [0.3, 0.4) is 0 Å². The van der Waals surface area contributed by atoms with Gasteiger partial charge >= 0.3 is 0 Å². The molecule has 2 amide bonds. The van der Waals surface area contributed by atoms with Gasteiger partial charge in [0.25, 0.3) is 5.91 Å². The maximum absolute atomic E-state index is 12.1. The van der Waals surface area contributed by atoms with Crippen molar-refractivity contribution in [3.05, 3.63) is 23.7 Å². The van der Waals surface area contributed by atoms with E-state index in [1.807, 2.05) is 0 Å². The standard InChI is InChI=1S/C12H17N3O3/c1-9(16)14-4-6-15(7-5-14)12(17)11-3-2-10(8-13)18-11/h2-3H,4-8,13H2,1H3. The van der Waals surface area contributed by atoms with Gasteiger partial charge in [0.15, 0.2) is 5.76 Å². The Bertz CT molecular complexity index is 447. The molecular formula is C12H17N3O3. The van der Waals surface area contributed by atoms with Crippen molar-refractivity contribution in [1.82, 2.24) is 9.80 Å².